The van der Waals surface area contributed by atoms with E-state index >= 15 is 0 Å². The Balaban J connectivity index is 1.40. The molecule has 0 aliphatic heterocycles. The van der Waals surface area contributed by atoms with Crippen LogP contribution in [-0.4, -0.2) is 37.9 Å². The first kappa shape index (κ1) is 22.6. The SMILES string of the molecule is COc1ccc(C(=O)OCC(=O)CNC(=O)c2ccc(OCc3ccccc3)cc2)cc1. The van der Waals surface area contributed by atoms with Gasteiger partial charge in [-0.3, -0.25) is 9.59 Å². The molecular weight excluding hydrogens is 410 g/mol. The van der Waals surface area contributed by atoms with E-state index in [0.29, 0.717) is 29.2 Å². The Hall–Kier alpha value is -4.13. The Labute approximate surface area is 185 Å². The van der Waals surface area contributed by atoms with Crippen molar-refractivity contribution in [3.05, 3.63) is 95.6 Å². The second-order valence-corrected chi connectivity index (χ2v) is 6.82. The predicted molar refractivity (Wildman–Crippen MR) is 118 cm³/mol. The van der Waals surface area contributed by atoms with Crippen LogP contribution in [0.2, 0.25) is 0 Å². The molecule has 3 aromatic rings. The fourth-order valence-corrected chi connectivity index (χ4v) is 2.73. The van der Waals surface area contributed by atoms with Crippen LogP contribution in [0.1, 0.15) is 26.3 Å². The quantitative estimate of drug-likeness (QED) is 0.493. The normalized spacial score (nSPS) is 10.2. The molecule has 7 nitrogen and oxygen atoms in total. The molecule has 0 heterocycles. The first-order valence-electron chi connectivity index (χ1n) is 9.93. The molecule has 1 amide bonds. The number of nitrogens with one attached hydrogen (secondary N) is 1. The Morgan fingerprint density at radius 2 is 1.41 bits per heavy atom. The zero-order valence-electron chi connectivity index (χ0n) is 17.6. The van der Waals surface area contributed by atoms with Crippen LogP contribution in [0.15, 0.2) is 78.9 Å². The van der Waals surface area contributed by atoms with Crippen molar-refractivity contribution in [1.29, 1.82) is 0 Å². The standard InChI is InChI=1S/C25H23NO6/c1-30-22-11-9-20(10-12-22)25(29)32-17-21(27)15-26-24(28)19-7-13-23(14-8-19)31-16-18-5-3-2-4-6-18/h2-14H,15-17H2,1H3,(H,26,28). The van der Waals surface area contributed by atoms with Crippen molar-refractivity contribution in [3.8, 4) is 11.5 Å². The van der Waals surface area contributed by atoms with E-state index in [-0.39, 0.29) is 6.54 Å². The molecule has 0 spiro atoms. The number of methoxy groups -OCH3 is 1. The summed E-state index contributed by atoms with van der Waals surface area (Å²) in [6, 6.07) is 22.7. The summed E-state index contributed by atoms with van der Waals surface area (Å²) in [6.07, 6.45) is 0. The molecule has 0 radical (unpaired) electrons. The van der Waals surface area contributed by atoms with Gasteiger partial charge in [-0.15, -0.1) is 0 Å². The molecule has 0 saturated heterocycles. The average Bonchev–Trinajstić information content (AvgIpc) is 2.85. The number of Topliss-reactive ketones (excluding diaryl/α,β-unsaturated/α-hetero) is 1. The molecule has 0 saturated carbocycles. The van der Waals surface area contributed by atoms with Crippen molar-refractivity contribution in [3.63, 3.8) is 0 Å². The number of carbonyl (C=O) groups excluding carboxylic acids is 3. The van der Waals surface area contributed by atoms with E-state index in [1.54, 1.807) is 48.5 Å². The van der Waals surface area contributed by atoms with E-state index in [1.165, 1.54) is 7.11 Å². The minimum atomic E-state index is -0.626. The van der Waals surface area contributed by atoms with E-state index in [1.807, 2.05) is 30.3 Å². The predicted octanol–water partition coefficient (Wildman–Crippen LogP) is 3.43. The summed E-state index contributed by atoms with van der Waals surface area (Å²) in [5.41, 5.74) is 1.73. The molecule has 32 heavy (non-hydrogen) atoms. The lowest BCUT2D eigenvalue weighted by Gasteiger charge is -2.08. The third kappa shape index (κ3) is 6.70. The van der Waals surface area contributed by atoms with E-state index < -0.39 is 24.3 Å². The van der Waals surface area contributed by atoms with Gasteiger partial charge in [0.15, 0.2) is 12.4 Å². The maximum atomic E-state index is 12.2. The zero-order chi connectivity index (χ0) is 22.8. The Bertz CT molecular complexity index is 1050. The van der Waals surface area contributed by atoms with Gasteiger partial charge in [-0.25, -0.2) is 4.79 Å². The van der Waals surface area contributed by atoms with Crippen molar-refractivity contribution in [1.82, 2.24) is 5.32 Å². The molecule has 0 bridgehead atoms. The minimum Gasteiger partial charge on any atom is -0.497 e. The van der Waals surface area contributed by atoms with Gasteiger partial charge >= 0.3 is 5.97 Å². The molecule has 0 aliphatic rings. The van der Waals surface area contributed by atoms with Crippen molar-refractivity contribution >= 4 is 17.7 Å². The summed E-state index contributed by atoms with van der Waals surface area (Å²) in [7, 11) is 1.52. The molecule has 0 atom stereocenters. The first-order chi connectivity index (χ1) is 15.5. The van der Waals surface area contributed by atoms with Gasteiger partial charge in [-0.1, -0.05) is 30.3 Å². The monoisotopic (exact) mass is 433 g/mol. The molecule has 0 unspecified atom stereocenters. The number of carbonyl (C=O) groups is 3. The molecular formula is C25H23NO6. The Morgan fingerprint density at radius 1 is 0.781 bits per heavy atom. The van der Waals surface area contributed by atoms with Crippen LogP contribution in [0, 0.1) is 0 Å². The lowest BCUT2D eigenvalue weighted by Crippen LogP contribution is -2.31. The van der Waals surface area contributed by atoms with E-state index in [4.69, 9.17) is 14.2 Å². The summed E-state index contributed by atoms with van der Waals surface area (Å²) in [5, 5.41) is 2.52. The van der Waals surface area contributed by atoms with Crippen LogP contribution in [-0.2, 0) is 16.1 Å². The highest BCUT2D eigenvalue weighted by Crippen LogP contribution is 2.14. The number of hydrogen-bond donors (Lipinski definition) is 1. The lowest BCUT2D eigenvalue weighted by atomic mass is 10.2. The van der Waals surface area contributed by atoms with Gasteiger partial charge in [0, 0.05) is 5.56 Å². The van der Waals surface area contributed by atoms with Gasteiger partial charge in [0.25, 0.3) is 5.91 Å². The van der Waals surface area contributed by atoms with Crippen LogP contribution in [0.3, 0.4) is 0 Å². The molecule has 164 valence electrons. The summed E-state index contributed by atoms with van der Waals surface area (Å²) in [5.74, 6) is -0.223. The van der Waals surface area contributed by atoms with Crippen LogP contribution < -0.4 is 14.8 Å². The van der Waals surface area contributed by atoms with Crippen molar-refractivity contribution in [2.45, 2.75) is 6.61 Å². The Kier molecular flexibility index (Phi) is 7.97. The second kappa shape index (κ2) is 11.3. The van der Waals surface area contributed by atoms with Gasteiger partial charge in [-0.2, -0.15) is 0 Å². The maximum Gasteiger partial charge on any atom is 0.338 e. The van der Waals surface area contributed by atoms with E-state index in [9.17, 15) is 14.4 Å². The fraction of sp³-hybridized carbons (Fsp3) is 0.160. The number of amides is 1. The number of esters is 1. The van der Waals surface area contributed by atoms with Crippen LogP contribution in [0.5, 0.6) is 11.5 Å². The first-order valence-corrected chi connectivity index (χ1v) is 9.93. The average molecular weight is 433 g/mol. The number of ketones is 1. The molecule has 0 aliphatic carbocycles. The van der Waals surface area contributed by atoms with Crippen molar-refractivity contribution < 1.29 is 28.6 Å². The van der Waals surface area contributed by atoms with Gasteiger partial charge in [-0.05, 0) is 54.1 Å². The highest BCUT2D eigenvalue weighted by Gasteiger charge is 2.12. The summed E-state index contributed by atoms with van der Waals surface area (Å²) >= 11 is 0. The number of rotatable bonds is 10. The number of ether oxygens (including phenoxy) is 3. The number of benzene rings is 3. The maximum absolute atomic E-state index is 12.2. The molecule has 7 heteroatoms. The second-order valence-electron chi connectivity index (χ2n) is 6.82. The Morgan fingerprint density at radius 3 is 2.06 bits per heavy atom. The fourth-order valence-electron chi connectivity index (χ4n) is 2.73. The largest absolute Gasteiger partial charge is 0.497 e. The van der Waals surface area contributed by atoms with Crippen LogP contribution in [0.25, 0.3) is 0 Å². The molecule has 3 rings (SSSR count). The highest BCUT2D eigenvalue weighted by molar-refractivity contribution is 5.97. The lowest BCUT2D eigenvalue weighted by molar-refractivity contribution is -0.121. The molecule has 0 aromatic heterocycles. The molecule has 1 N–H and O–H groups in total. The van der Waals surface area contributed by atoms with Crippen LogP contribution >= 0.6 is 0 Å². The van der Waals surface area contributed by atoms with E-state index in [2.05, 4.69) is 5.32 Å². The smallest absolute Gasteiger partial charge is 0.338 e. The zero-order valence-corrected chi connectivity index (χ0v) is 17.6. The molecule has 3 aromatic carbocycles. The van der Waals surface area contributed by atoms with Gasteiger partial charge < -0.3 is 19.5 Å². The van der Waals surface area contributed by atoms with Gasteiger partial charge in [0.05, 0.1) is 19.2 Å². The van der Waals surface area contributed by atoms with Crippen molar-refractivity contribution in [2.75, 3.05) is 20.3 Å². The summed E-state index contributed by atoms with van der Waals surface area (Å²) in [6.45, 7) is -0.255. The van der Waals surface area contributed by atoms with Crippen molar-refractivity contribution in [2.24, 2.45) is 0 Å². The summed E-state index contributed by atoms with van der Waals surface area (Å²) in [4.78, 5) is 36.2. The molecule has 0 fully saturated rings. The van der Waals surface area contributed by atoms with E-state index in [0.717, 1.165) is 5.56 Å². The third-order valence-electron chi connectivity index (χ3n) is 4.50. The van der Waals surface area contributed by atoms with Crippen LogP contribution in [0.4, 0.5) is 0 Å². The third-order valence-corrected chi connectivity index (χ3v) is 4.50. The van der Waals surface area contributed by atoms with Gasteiger partial charge in [0.2, 0.25) is 0 Å². The summed E-state index contributed by atoms with van der Waals surface area (Å²) < 4.78 is 15.7. The van der Waals surface area contributed by atoms with Gasteiger partial charge in [0.1, 0.15) is 18.1 Å². The highest BCUT2D eigenvalue weighted by atomic mass is 16.5. The number of hydrogen-bond acceptors (Lipinski definition) is 6. The minimum absolute atomic E-state index is 0.249. The topological polar surface area (TPSA) is 90.9 Å².